The van der Waals surface area contributed by atoms with Gasteiger partial charge >= 0.3 is 0 Å². The standard InChI is InChI=1S/C13H27NO/c1-4-7-13(3,11-15)10-14-8-5-12(2)6-9-14/h12,15H,4-11H2,1-3H3. The van der Waals surface area contributed by atoms with Gasteiger partial charge in [0.05, 0.1) is 0 Å². The summed E-state index contributed by atoms with van der Waals surface area (Å²) in [5.74, 6) is 0.896. The highest BCUT2D eigenvalue weighted by Gasteiger charge is 2.27. The number of hydrogen-bond donors (Lipinski definition) is 1. The molecule has 0 spiro atoms. The monoisotopic (exact) mass is 213 g/mol. The fourth-order valence-corrected chi connectivity index (χ4v) is 2.57. The number of aliphatic hydroxyl groups is 1. The summed E-state index contributed by atoms with van der Waals surface area (Å²) >= 11 is 0. The van der Waals surface area contributed by atoms with Gasteiger partial charge in [-0.25, -0.2) is 0 Å². The lowest BCUT2D eigenvalue weighted by atomic mass is 9.85. The summed E-state index contributed by atoms with van der Waals surface area (Å²) in [7, 11) is 0. The van der Waals surface area contributed by atoms with Crippen LogP contribution in [0.5, 0.6) is 0 Å². The largest absolute Gasteiger partial charge is 0.396 e. The Balaban J connectivity index is 2.38. The van der Waals surface area contributed by atoms with Crippen molar-refractivity contribution >= 4 is 0 Å². The number of nitrogens with zero attached hydrogens (tertiary/aromatic N) is 1. The maximum absolute atomic E-state index is 9.47. The van der Waals surface area contributed by atoms with Crippen molar-refractivity contribution in [1.29, 1.82) is 0 Å². The van der Waals surface area contributed by atoms with Gasteiger partial charge in [0.25, 0.3) is 0 Å². The van der Waals surface area contributed by atoms with Gasteiger partial charge in [0.15, 0.2) is 0 Å². The minimum absolute atomic E-state index is 0.120. The zero-order valence-electron chi connectivity index (χ0n) is 10.6. The molecule has 0 aliphatic carbocycles. The van der Waals surface area contributed by atoms with E-state index in [9.17, 15) is 5.11 Å². The van der Waals surface area contributed by atoms with Gasteiger partial charge < -0.3 is 10.0 Å². The molecule has 0 radical (unpaired) electrons. The molecule has 1 N–H and O–H groups in total. The van der Waals surface area contributed by atoms with Crippen LogP contribution in [-0.4, -0.2) is 36.2 Å². The second-order valence-corrected chi connectivity index (χ2v) is 5.68. The average Bonchev–Trinajstić information content (AvgIpc) is 2.22. The second-order valence-electron chi connectivity index (χ2n) is 5.68. The van der Waals surface area contributed by atoms with Crippen LogP contribution in [-0.2, 0) is 0 Å². The molecule has 0 aromatic carbocycles. The molecule has 1 saturated heterocycles. The Hall–Kier alpha value is -0.0800. The Morgan fingerprint density at radius 1 is 1.33 bits per heavy atom. The first-order chi connectivity index (χ1) is 7.09. The van der Waals surface area contributed by atoms with Crippen LogP contribution in [0.25, 0.3) is 0 Å². The quantitative estimate of drug-likeness (QED) is 0.758. The Kier molecular flexibility index (Phi) is 5.07. The van der Waals surface area contributed by atoms with Crippen LogP contribution < -0.4 is 0 Å². The normalized spacial score (nSPS) is 24.0. The fourth-order valence-electron chi connectivity index (χ4n) is 2.57. The van der Waals surface area contributed by atoms with E-state index >= 15 is 0 Å². The molecule has 15 heavy (non-hydrogen) atoms. The average molecular weight is 213 g/mol. The van der Waals surface area contributed by atoms with Crippen LogP contribution in [0.2, 0.25) is 0 Å². The molecule has 0 saturated carbocycles. The summed E-state index contributed by atoms with van der Waals surface area (Å²) in [4.78, 5) is 2.53. The molecule has 0 aromatic rings. The van der Waals surface area contributed by atoms with Crippen LogP contribution >= 0.6 is 0 Å². The van der Waals surface area contributed by atoms with Gasteiger partial charge in [-0.2, -0.15) is 0 Å². The number of hydrogen-bond acceptors (Lipinski definition) is 2. The Morgan fingerprint density at radius 3 is 2.40 bits per heavy atom. The highest BCUT2D eigenvalue weighted by molar-refractivity contribution is 4.80. The fraction of sp³-hybridized carbons (Fsp3) is 1.00. The molecule has 1 rings (SSSR count). The van der Waals surface area contributed by atoms with Crippen molar-refractivity contribution in [2.24, 2.45) is 11.3 Å². The van der Waals surface area contributed by atoms with E-state index in [1.165, 1.54) is 32.4 Å². The lowest BCUT2D eigenvalue weighted by Gasteiger charge is -2.37. The Morgan fingerprint density at radius 2 is 1.93 bits per heavy atom. The first kappa shape index (κ1) is 13.0. The van der Waals surface area contributed by atoms with Gasteiger partial charge in [0.2, 0.25) is 0 Å². The predicted molar refractivity (Wildman–Crippen MR) is 64.9 cm³/mol. The topological polar surface area (TPSA) is 23.5 Å². The minimum atomic E-state index is 0.120. The van der Waals surface area contributed by atoms with Crippen LogP contribution in [0.4, 0.5) is 0 Å². The molecule has 90 valence electrons. The lowest BCUT2D eigenvalue weighted by Crippen LogP contribution is -2.42. The zero-order valence-corrected chi connectivity index (χ0v) is 10.6. The van der Waals surface area contributed by atoms with E-state index in [0.717, 1.165) is 18.9 Å². The summed E-state index contributed by atoms with van der Waals surface area (Å²) < 4.78 is 0. The molecule has 1 heterocycles. The molecule has 2 nitrogen and oxygen atoms in total. The third kappa shape index (κ3) is 4.12. The van der Waals surface area contributed by atoms with Crippen molar-refractivity contribution in [2.75, 3.05) is 26.2 Å². The number of rotatable bonds is 5. The first-order valence-corrected chi connectivity index (χ1v) is 6.43. The van der Waals surface area contributed by atoms with E-state index < -0.39 is 0 Å². The molecule has 0 amide bonds. The van der Waals surface area contributed by atoms with Crippen molar-refractivity contribution in [2.45, 2.75) is 46.5 Å². The van der Waals surface area contributed by atoms with Gasteiger partial charge in [-0.05, 0) is 38.3 Å². The third-order valence-corrected chi connectivity index (χ3v) is 3.72. The van der Waals surface area contributed by atoms with Gasteiger partial charge in [0, 0.05) is 18.6 Å². The molecule has 1 aliphatic rings. The Labute approximate surface area is 94.7 Å². The van der Waals surface area contributed by atoms with E-state index in [0.29, 0.717) is 6.61 Å². The van der Waals surface area contributed by atoms with Crippen LogP contribution in [0, 0.1) is 11.3 Å². The van der Waals surface area contributed by atoms with Crippen molar-refractivity contribution in [3.63, 3.8) is 0 Å². The molecule has 1 fully saturated rings. The summed E-state index contributed by atoms with van der Waals surface area (Å²) in [5.41, 5.74) is 0.120. The molecule has 1 unspecified atom stereocenters. The maximum atomic E-state index is 9.47. The number of likely N-dealkylation sites (tertiary alicyclic amines) is 1. The van der Waals surface area contributed by atoms with Crippen molar-refractivity contribution < 1.29 is 5.11 Å². The van der Waals surface area contributed by atoms with Crippen molar-refractivity contribution in [3.05, 3.63) is 0 Å². The maximum Gasteiger partial charge on any atom is 0.0497 e. The molecule has 0 bridgehead atoms. The predicted octanol–water partition coefficient (Wildman–Crippen LogP) is 2.52. The van der Waals surface area contributed by atoms with Crippen LogP contribution in [0.15, 0.2) is 0 Å². The van der Waals surface area contributed by atoms with Crippen LogP contribution in [0.1, 0.15) is 46.5 Å². The molecular formula is C13H27NO. The highest BCUT2D eigenvalue weighted by atomic mass is 16.3. The van der Waals surface area contributed by atoms with Crippen molar-refractivity contribution in [3.8, 4) is 0 Å². The molecule has 1 aliphatic heterocycles. The number of piperidine rings is 1. The third-order valence-electron chi connectivity index (χ3n) is 3.72. The molecule has 2 heteroatoms. The summed E-state index contributed by atoms with van der Waals surface area (Å²) in [6.45, 7) is 10.6. The summed E-state index contributed by atoms with van der Waals surface area (Å²) in [6.07, 6.45) is 4.96. The highest BCUT2D eigenvalue weighted by Crippen LogP contribution is 2.26. The molecular weight excluding hydrogens is 186 g/mol. The van der Waals surface area contributed by atoms with E-state index in [4.69, 9.17) is 0 Å². The van der Waals surface area contributed by atoms with Gasteiger partial charge in [-0.1, -0.05) is 27.2 Å². The Bertz CT molecular complexity index is 175. The van der Waals surface area contributed by atoms with Gasteiger partial charge in [-0.15, -0.1) is 0 Å². The van der Waals surface area contributed by atoms with E-state index in [1.807, 2.05) is 0 Å². The van der Waals surface area contributed by atoms with E-state index in [-0.39, 0.29) is 5.41 Å². The van der Waals surface area contributed by atoms with Crippen LogP contribution in [0.3, 0.4) is 0 Å². The van der Waals surface area contributed by atoms with E-state index in [2.05, 4.69) is 25.7 Å². The smallest absolute Gasteiger partial charge is 0.0497 e. The SMILES string of the molecule is CCCC(C)(CO)CN1CCC(C)CC1. The molecule has 0 aromatic heterocycles. The summed E-state index contributed by atoms with van der Waals surface area (Å²) in [5, 5.41) is 9.47. The minimum Gasteiger partial charge on any atom is -0.396 e. The second kappa shape index (κ2) is 5.86. The molecule has 1 atom stereocenters. The van der Waals surface area contributed by atoms with Gasteiger partial charge in [-0.3, -0.25) is 0 Å². The van der Waals surface area contributed by atoms with Crippen molar-refractivity contribution in [1.82, 2.24) is 4.90 Å². The van der Waals surface area contributed by atoms with E-state index in [1.54, 1.807) is 0 Å². The zero-order chi connectivity index (χ0) is 11.3. The lowest BCUT2D eigenvalue weighted by molar-refractivity contribution is 0.0641. The first-order valence-electron chi connectivity index (χ1n) is 6.43. The summed E-state index contributed by atoms with van der Waals surface area (Å²) in [6, 6.07) is 0. The van der Waals surface area contributed by atoms with Gasteiger partial charge in [0.1, 0.15) is 0 Å². The number of aliphatic hydroxyl groups excluding tert-OH is 1.